The summed E-state index contributed by atoms with van der Waals surface area (Å²) < 4.78 is 0. The highest BCUT2D eigenvalue weighted by Crippen LogP contribution is 2.34. The molecule has 0 unspecified atom stereocenters. The quantitative estimate of drug-likeness (QED) is 0.755. The van der Waals surface area contributed by atoms with E-state index < -0.39 is 0 Å². The molecule has 17 heavy (non-hydrogen) atoms. The topological polar surface area (TPSA) is 53.6 Å². The first-order valence-corrected chi connectivity index (χ1v) is 6.18. The van der Waals surface area contributed by atoms with Crippen LogP contribution in [0.3, 0.4) is 0 Å². The van der Waals surface area contributed by atoms with E-state index in [-0.39, 0.29) is 5.54 Å². The van der Waals surface area contributed by atoms with Crippen molar-refractivity contribution in [2.45, 2.75) is 18.4 Å². The van der Waals surface area contributed by atoms with Crippen LogP contribution in [-0.4, -0.2) is 31.1 Å². The minimum Gasteiger partial charge on any atom is -0.369 e. The van der Waals surface area contributed by atoms with Gasteiger partial charge in [-0.25, -0.2) is 0 Å². The van der Waals surface area contributed by atoms with Crippen molar-refractivity contribution < 1.29 is 0 Å². The van der Waals surface area contributed by atoms with Crippen molar-refractivity contribution in [3.63, 3.8) is 0 Å². The number of rotatable bonds is 1. The van der Waals surface area contributed by atoms with Crippen molar-refractivity contribution in [2.24, 2.45) is 10.7 Å². The lowest BCUT2D eigenvalue weighted by atomic mass is 9.87. The molecule has 4 heteroatoms. The fourth-order valence-electron chi connectivity index (χ4n) is 2.87. The molecule has 0 atom stereocenters. The van der Waals surface area contributed by atoms with Crippen LogP contribution in [0.1, 0.15) is 12.8 Å². The maximum absolute atomic E-state index is 6.07. The summed E-state index contributed by atoms with van der Waals surface area (Å²) in [6, 6.07) is 10.3. The van der Waals surface area contributed by atoms with Gasteiger partial charge in [0.05, 0.1) is 12.1 Å². The standard InChI is InChI=1S/C13H18N4/c14-12-16-10-13(6-8-15-9-7-13)17(12)11-4-2-1-3-5-11/h1-5,15H,6-10H2,(H2,14,16). The zero-order valence-electron chi connectivity index (χ0n) is 9.89. The summed E-state index contributed by atoms with van der Waals surface area (Å²) in [5.41, 5.74) is 7.34. The molecule has 0 saturated carbocycles. The van der Waals surface area contributed by atoms with Gasteiger partial charge in [-0.3, -0.25) is 4.99 Å². The number of aliphatic imine (C=N–C) groups is 1. The number of benzene rings is 1. The van der Waals surface area contributed by atoms with E-state index in [4.69, 9.17) is 5.73 Å². The Kier molecular flexibility index (Phi) is 2.52. The molecule has 0 aliphatic carbocycles. The largest absolute Gasteiger partial charge is 0.369 e. The number of piperidine rings is 1. The maximum Gasteiger partial charge on any atom is 0.196 e. The molecule has 4 nitrogen and oxygen atoms in total. The number of hydrogen-bond acceptors (Lipinski definition) is 4. The Balaban J connectivity index is 1.96. The van der Waals surface area contributed by atoms with Gasteiger partial charge in [0.2, 0.25) is 0 Å². The van der Waals surface area contributed by atoms with E-state index >= 15 is 0 Å². The minimum absolute atomic E-state index is 0.108. The Bertz CT molecular complexity index is 420. The predicted molar refractivity (Wildman–Crippen MR) is 70.2 cm³/mol. The third kappa shape index (κ3) is 1.69. The maximum atomic E-state index is 6.07. The number of anilines is 1. The van der Waals surface area contributed by atoms with Crippen LogP contribution >= 0.6 is 0 Å². The van der Waals surface area contributed by atoms with Gasteiger partial charge in [-0.15, -0.1) is 0 Å². The fraction of sp³-hybridized carbons (Fsp3) is 0.462. The second kappa shape index (κ2) is 4.04. The highest BCUT2D eigenvalue weighted by Gasteiger charge is 2.43. The first-order valence-electron chi connectivity index (χ1n) is 6.18. The lowest BCUT2D eigenvalue weighted by Gasteiger charge is -2.42. The molecule has 0 radical (unpaired) electrons. The zero-order chi connectivity index (χ0) is 11.7. The molecule has 1 fully saturated rings. The molecule has 1 aromatic rings. The molecule has 2 heterocycles. The van der Waals surface area contributed by atoms with Crippen molar-refractivity contribution in [1.29, 1.82) is 0 Å². The fourth-order valence-corrected chi connectivity index (χ4v) is 2.87. The second-order valence-electron chi connectivity index (χ2n) is 4.82. The summed E-state index contributed by atoms with van der Waals surface area (Å²) in [6.07, 6.45) is 2.21. The van der Waals surface area contributed by atoms with Crippen molar-refractivity contribution in [2.75, 3.05) is 24.5 Å². The lowest BCUT2D eigenvalue weighted by molar-refractivity contribution is 0.332. The molecule has 1 spiro atoms. The summed E-state index contributed by atoms with van der Waals surface area (Å²) >= 11 is 0. The zero-order valence-corrected chi connectivity index (χ0v) is 9.89. The number of nitrogens with two attached hydrogens (primary N) is 1. The van der Waals surface area contributed by atoms with E-state index in [2.05, 4.69) is 39.5 Å². The second-order valence-corrected chi connectivity index (χ2v) is 4.82. The van der Waals surface area contributed by atoms with Crippen LogP contribution in [0.2, 0.25) is 0 Å². The Morgan fingerprint density at radius 2 is 1.88 bits per heavy atom. The van der Waals surface area contributed by atoms with E-state index in [1.165, 1.54) is 0 Å². The smallest absolute Gasteiger partial charge is 0.196 e. The van der Waals surface area contributed by atoms with Crippen LogP contribution in [0.4, 0.5) is 5.69 Å². The summed E-state index contributed by atoms with van der Waals surface area (Å²) in [5.74, 6) is 0.665. The van der Waals surface area contributed by atoms with E-state index in [0.29, 0.717) is 5.96 Å². The van der Waals surface area contributed by atoms with Crippen LogP contribution in [0.25, 0.3) is 0 Å². The molecule has 2 aliphatic rings. The molecule has 0 aromatic heterocycles. The van der Waals surface area contributed by atoms with Crippen LogP contribution in [0.5, 0.6) is 0 Å². The number of guanidine groups is 1. The van der Waals surface area contributed by atoms with Gasteiger partial charge in [0.1, 0.15) is 0 Å². The molecule has 3 N–H and O–H groups in total. The van der Waals surface area contributed by atoms with Gasteiger partial charge in [-0.1, -0.05) is 18.2 Å². The summed E-state index contributed by atoms with van der Waals surface area (Å²) in [5, 5.41) is 3.40. The molecule has 1 saturated heterocycles. The van der Waals surface area contributed by atoms with Gasteiger partial charge >= 0.3 is 0 Å². The average molecular weight is 230 g/mol. The van der Waals surface area contributed by atoms with Crippen LogP contribution in [-0.2, 0) is 0 Å². The Morgan fingerprint density at radius 1 is 1.18 bits per heavy atom. The van der Waals surface area contributed by atoms with Gasteiger partial charge in [-0.2, -0.15) is 0 Å². The van der Waals surface area contributed by atoms with E-state index in [1.807, 2.05) is 6.07 Å². The molecule has 1 aromatic carbocycles. The van der Waals surface area contributed by atoms with Crippen LogP contribution in [0.15, 0.2) is 35.3 Å². The van der Waals surface area contributed by atoms with E-state index in [9.17, 15) is 0 Å². The SMILES string of the molecule is NC1=NCC2(CCNCC2)N1c1ccccc1. The number of para-hydroxylation sites is 1. The summed E-state index contributed by atoms with van der Waals surface area (Å²) in [4.78, 5) is 6.69. The third-order valence-electron chi connectivity index (χ3n) is 3.79. The van der Waals surface area contributed by atoms with Gasteiger partial charge < -0.3 is 16.0 Å². The first kappa shape index (κ1) is 10.6. The molecule has 0 amide bonds. The van der Waals surface area contributed by atoms with E-state index in [0.717, 1.165) is 38.2 Å². The Labute approximate surface area is 102 Å². The van der Waals surface area contributed by atoms with Gasteiger partial charge in [0.25, 0.3) is 0 Å². The van der Waals surface area contributed by atoms with Crippen LogP contribution in [0, 0.1) is 0 Å². The highest BCUT2D eigenvalue weighted by atomic mass is 15.4. The number of nitrogens with one attached hydrogen (secondary N) is 1. The third-order valence-corrected chi connectivity index (χ3v) is 3.79. The number of nitrogens with zero attached hydrogens (tertiary/aromatic N) is 2. The monoisotopic (exact) mass is 230 g/mol. The normalized spacial score (nSPS) is 22.8. The molecular weight excluding hydrogens is 212 g/mol. The first-order chi connectivity index (χ1) is 8.32. The lowest BCUT2D eigenvalue weighted by Crippen LogP contribution is -2.56. The highest BCUT2D eigenvalue weighted by molar-refractivity contribution is 5.98. The Morgan fingerprint density at radius 3 is 2.59 bits per heavy atom. The average Bonchev–Trinajstić information content (AvgIpc) is 2.68. The predicted octanol–water partition coefficient (Wildman–Crippen LogP) is 0.943. The van der Waals surface area contributed by atoms with Gasteiger partial charge in [0, 0.05) is 5.69 Å². The van der Waals surface area contributed by atoms with Crippen molar-refractivity contribution >= 4 is 11.6 Å². The van der Waals surface area contributed by atoms with Crippen molar-refractivity contribution in [3.8, 4) is 0 Å². The van der Waals surface area contributed by atoms with Gasteiger partial charge in [-0.05, 0) is 38.1 Å². The number of hydrogen-bond donors (Lipinski definition) is 2. The van der Waals surface area contributed by atoms with Crippen molar-refractivity contribution in [3.05, 3.63) is 30.3 Å². The molecular formula is C13H18N4. The summed E-state index contributed by atoms with van der Waals surface area (Å²) in [7, 11) is 0. The van der Waals surface area contributed by atoms with Crippen molar-refractivity contribution in [1.82, 2.24) is 5.32 Å². The molecule has 3 rings (SSSR count). The Hall–Kier alpha value is -1.55. The minimum atomic E-state index is 0.108. The van der Waals surface area contributed by atoms with E-state index in [1.54, 1.807) is 0 Å². The molecule has 0 bridgehead atoms. The summed E-state index contributed by atoms with van der Waals surface area (Å²) in [6.45, 7) is 2.92. The molecule has 90 valence electrons. The van der Waals surface area contributed by atoms with Crippen LogP contribution < -0.4 is 16.0 Å². The molecule has 2 aliphatic heterocycles. The van der Waals surface area contributed by atoms with Gasteiger partial charge in [0.15, 0.2) is 5.96 Å².